The molecule has 1 unspecified atom stereocenters. The lowest BCUT2D eigenvalue weighted by Crippen LogP contribution is -2.30. The zero-order valence-corrected chi connectivity index (χ0v) is 11.8. The Balaban J connectivity index is 1.87. The Bertz CT molecular complexity index is 464. The normalized spacial score (nSPS) is 13.1. The van der Waals surface area contributed by atoms with Gasteiger partial charge in [-0.15, -0.1) is 11.3 Å². The number of likely N-dealkylation sites (N-methyl/N-ethyl adjacent to an activating group) is 1. The molecule has 98 valence electrons. The van der Waals surface area contributed by atoms with Crippen LogP contribution in [0.25, 0.3) is 0 Å². The molecule has 0 aliphatic heterocycles. The van der Waals surface area contributed by atoms with Crippen molar-refractivity contribution in [1.82, 2.24) is 15.2 Å². The van der Waals surface area contributed by atoms with Gasteiger partial charge >= 0.3 is 0 Å². The summed E-state index contributed by atoms with van der Waals surface area (Å²) in [6.45, 7) is 3.67. The highest BCUT2D eigenvalue weighted by atomic mass is 32.1. The fourth-order valence-electron chi connectivity index (χ4n) is 1.84. The van der Waals surface area contributed by atoms with Crippen LogP contribution in [0.15, 0.2) is 28.2 Å². The minimum absolute atomic E-state index is 0.250. The summed E-state index contributed by atoms with van der Waals surface area (Å²) in [7, 11) is 4.11. The molecular weight excluding hydrogens is 246 g/mol. The lowest BCUT2D eigenvalue weighted by Gasteiger charge is -2.22. The van der Waals surface area contributed by atoms with Crippen LogP contribution in [-0.4, -0.2) is 30.5 Å². The summed E-state index contributed by atoms with van der Waals surface area (Å²) in [5, 5.41) is 6.64. The molecule has 0 radical (unpaired) electrons. The van der Waals surface area contributed by atoms with E-state index in [9.17, 15) is 0 Å². The zero-order chi connectivity index (χ0) is 13.0. The molecule has 0 saturated heterocycles. The first kappa shape index (κ1) is 13.3. The summed E-state index contributed by atoms with van der Waals surface area (Å²) in [5.74, 6) is 0.988. The number of nitrogens with one attached hydrogen (secondary N) is 1. The lowest BCUT2D eigenvalue weighted by molar-refractivity contribution is 0.250. The molecule has 1 atom stereocenters. The molecule has 0 bridgehead atoms. The quantitative estimate of drug-likeness (QED) is 0.871. The second-order valence-electron chi connectivity index (χ2n) is 4.48. The number of hydrogen-bond acceptors (Lipinski definition) is 5. The van der Waals surface area contributed by atoms with E-state index in [1.165, 1.54) is 0 Å². The molecule has 2 heterocycles. The Morgan fingerprint density at radius 1 is 1.50 bits per heavy atom. The van der Waals surface area contributed by atoms with E-state index in [1.54, 1.807) is 17.6 Å². The minimum atomic E-state index is 0.250. The van der Waals surface area contributed by atoms with Gasteiger partial charge in [0.2, 0.25) is 0 Å². The summed E-state index contributed by atoms with van der Waals surface area (Å²) < 4.78 is 5.47. The van der Waals surface area contributed by atoms with Crippen LogP contribution in [0.1, 0.15) is 22.5 Å². The third-order valence-electron chi connectivity index (χ3n) is 2.81. The second kappa shape index (κ2) is 6.13. The molecule has 0 fully saturated rings. The van der Waals surface area contributed by atoms with Gasteiger partial charge in [0.1, 0.15) is 5.76 Å². The van der Waals surface area contributed by atoms with Gasteiger partial charge in [0.05, 0.1) is 23.0 Å². The van der Waals surface area contributed by atoms with Gasteiger partial charge in [0.15, 0.2) is 0 Å². The molecule has 0 saturated carbocycles. The first-order chi connectivity index (χ1) is 8.66. The highest BCUT2D eigenvalue weighted by molar-refractivity contribution is 7.09. The monoisotopic (exact) mass is 265 g/mol. The van der Waals surface area contributed by atoms with E-state index in [0.29, 0.717) is 0 Å². The third kappa shape index (κ3) is 3.41. The van der Waals surface area contributed by atoms with Crippen molar-refractivity contribution < 1.29 is 4.42 Å². The molecule has 18 heavy (non-hydrogen) atoms. The summed E-state index contributed by atoms with van der Waals surface area (Å²) in [4.78, 5) is 6.59. The van der Waals surface area contributed by atoms with Gasteiger partial charge in [-0.1, -0.05) is 0 Å². The Morgan fingerprint density at radius 2 is 2.33 bits per heavy atom. The van der Waals surface area contributed by atoms with Gasteiger partial charge in [-0.2, -0.15) is 0 Å². The summed E-state index contributed by atoms with van der Waals surface area (Å²) in [6, 6.07) is 4.19. The highest BCUT2D eigenvalue weighted by Crippen LogP contribution is 2.17. The van der Waals surface area contributed by atoms with E-state index >= 15 is 0 Å². The minimum Gasteiger partial charge on any atom is -0.468 e. The fraction of sp³-hybridized carbons (Fsp3) is 0.462. The van der Waals surface area contributed by atoms with Gasteiger partial charge in [0, 0.05) is 18.5 Å². The Kier molecular flexibility index (Phi) is 4.52. The van der Waals surface area contributed by atoms with Crippen LogP contribution in [0, 0.1) is 6.92 Å². The van der Waals surface area contributed by atoms with Crippen molar-refractivity contribution in [3.8, 4) is 0 Å². The van der Waals surface area contributed by atoms with Crippen molar-refractivity contribution in [3.63, 3.8) is 0 Å². The van der Waals surface area contributed by atoms with Crippen molar-refractivity contribution in [2.24, 2.45) is 0 Å². The van der Waals surface area contributed by atoms with E-state index < -0.39 is 0 Å². The topological polar surface area (TPSA) is 41.3 Å². The maximum atomic E-state index is 5.47. The standard InChI is InChI=1S/C13H19N3OS/c1-10-15-11(9-18-10)7-14-8-12(16(2)3)13-5-4-6-17-13/h4-6,9,12,14H,7-8H2,1-3H3. The molecule has 0 aromatic carbocycles. The number of furan rings is 1. The smallest absolute Gasteiger partial charge is 0.122 e. The van der Waals surface area contributed by atoms with Crippen molar-refractivity contribution in [2.45, 2.75) is 19.5 Å². The van der Waals surface area contributed by atoms with Crippen LogP contribution in [0.4, 0.5) is 0 Å². The van der Waals surface area contributed by atoms with Crippen LogP contribution in [0.2, 0.25) is 0 Å². The van der Waals surface area contributed by atoms with Gasteiger partial charge in [-0.3, -0.25) is 4.90 Å². The number of aromatic nitrogens is 1. The fourth-order valence-corrected chi connectivity index (χ4v) is 2.46. The van der Waals surface area contributed by atoms with Crippen LogP contribution in [-0.2, 0) is 6.54 Å². The van der Waals surface area contributed by atoms with Crippen LogP contribution in [0.3, 0.4) is 0 Å². The van der Waals surface area contributed by atoms with E-state index in [-0.39, 0.29) is 6.04 Å². The molecule has 0 aliphatic carbocycles. The van der Waals surface area contributed by atoms with Crippen molar-refractivity contribution in [1.29, 1.82) is 0 Å². The summed E-state index contributed by atoms with van der Waals surface area (Å²) >= 11 is 1.69. The first-order valence-corrected chi connectivity index (χ1v) is 6.86. The van der Waals surface area contributed by atoms with Crippen LogP contribution >= 0.6 is 11.3 Å². The predicted octanol–water partition coefficient (Wildman–Crippen LogP) is 2.44. The number of aryl methyl sites for hydroxylation is 1. The molecule has 2 rings (SSSR count). The SMILES string of the molecule is Cc1nc(CNCC(c2ccco2)N(C)C)cs1. The molecule has 2 aromatic rings. The maximum absolute atomic E-state index is 5.47. The van der Waals surface area contributed by atoms with E-state index in [0.717, 1.165) is 29.6 Å². The number of hydrogen-bond donors (Lipinski definition) is 1. The third-order valence-corrected chi connectivity index (χ3v) is 3.63. The highest BCUT2D eigenvalue weighted by Gasteiger charge is 2.16. The largest absolute Gasteiger partial charge is 0.468 e. The second-order valence-corrected chi connectivity index (χ2v) is 5.55. The van der Waals surface area contributed by atoms with E-state index in [2.05, 4.69) is 34.7 Å². The van der Waals surface area contributed by atoms with Gasteiger partial charge in [-0.25, -0.2) is 4.98 Å². The molecular formula is C13H19N3OS. The average molecular weight is 265 g/mol. The molecule has 0 amide bonds. The van der Waals surface area contributed by atoms with E-state index in [1.807, 2.05) is 19.1 Å². The van der Waals surface area contributed by atoms with Crippen LogP contribution < -0.4 is 5.32 Å². The number of nitrogens with zero attached hydrogens (tertiary/aromatic N) is 2. The first-order valence-electron chi connectivity index (χ1n) is 5.98. The molecule has 5 heteroatoms. The molecule has 1 N–H and O–H groups in total. The van der Waals surface area contributed by atoms with Crippen LogP contribution in [0.5, 0.6) is 0 Å². The lowest BCUT2D eigenvalue weighted by atomic mass is 10.2. The molecule has 4 nitrogen and oxygen atoms in total. The van der Waals surface area contributed by atoms with Crippen molar-refractivity contribution in [2.75, 3.05) is 20.6 Å². The van der Waals surface area contributed by atoms with Gasteiger partial charge < -0.3 is 9.73 Å². The zero-order valence-electron chi connectivity index (χ0n) is 11.0. The van der Waals surface area contributed by atoms with Crippen molar-refractivity contribution >= 4 is 11.3 Å². The molecule has 0 aliphatic rings. The maximum Gasteiger partial charge on any atom is 0.122 e. The summed E-state index contributed by atoms with van der Waals surface area (Å²) in [5.41, 5.74) is 1.11. The van der Waals surface area contributed by atoms with Crippen molar-refractivity contribution in [3.05, 3.63) is 40.2 Å². The number of thiazole rings is 1. The summed E-state index contributed by atoms with van der Waals surface area (Å²) in [6.07, 6.45) is 1.72. The molecule has 0 spiro atoms. The Labute approximate surface area is 112 Å². The number of rotatable bonds is 6. The Morgan fingerprint density at radius 3 is 2.89 bits per heavy atom. The van der Waals surface area contributed by atoms with Gasteiger partial charge in [0.25, 0.3) is 0 Å². The predicted molar refractivity (Wildman–Crippen MR) is 73.7 cm³/mol. The molecule has 2 aromatic heterocycles. The van der Waals surface area contributed by atoms with E-state index in [4.69, 9.17) is 4.42 Å². The average Bonchev–Trinajstić information content (AvgIpc) is 2.95. The van der Waals surface area contributed by atoms with Gasteiger partial charge in [-0.05, 0) is 33.2 Å². The Hall–Kier alpha value is -1.17.